The first-order valence-corrected chi connectivity index (χ1v) is 4.81. The highest BCUT2D eigenvalue weighted by Gasteiger charge is 2.07. The van der Waals surface area contributed by atoms with Crippen LogP contribution in [0.3, 0.4) is 0 Å². The van der Waals surface area contributed by atoms with Gasteiger partial charge in [0, 0.05) is 19.3 Å². The third-order valence-electron chi connectivity index (χ3n) is 1.83. The van der Waals surface area contributed by atoms with E-state index in [-0.39, 0.29) is 5.91 Å². The van der Waals surface area contributed by atoms with Gasteiger partial charge in [-0.05, 0) is 13.0 Å². The van der Waals surface area contributed by atoms with E-state index < -0.39 is 0 Å². The lowest BCUT2D eigenvalue weighted by Crippen LogP contribution is -2.27. The Labute approximate surface area is 88.6 Å². The number of nitrogens with one attached hydrogen (secondary N) is 1. The summed E-state index contributed by atoms with van der Waals surface area (Å²) in [7, 11) is 0. The summed E-state index contributed by atoms with van der Waals surface area (Å²) in [6, 6.07) is 1.59. The minimum absolute atomic E-state index is 0.199. The molecule has 3 N–H and O–H groups in total. The zero-order valence-electron chi connectivity index (χ0n) is 8.69. The van der Waals surface area contributed by atoms with E-state index in [1.165, 1.54) is 12.4 Å². The van der Waals surface area contributed by atoms with Crippen molar-refractivity contribution in [2.24, 2.45) is 0 Å². The fourth-order valence-electron chi connectivity index (χ4n) is 1.09. The summed E-state index contributed by atoms with van der Waals surface area (Å²) in [5.74, 6) is -0.199. The Hall–Kier alpha value is -1.62. The van der Waals surface area contributed by atoms with Gasteiger partial charge in [0.15, 0.2) is 0 Å². The minimum atomic E-state index is -0.199. The first-order valence-electron chi connectivity index (χ1n) is 4.81. The van der Waals surface area contributed by atoms with Crippen molar-refractivity contribution in [3.8, 4) is 0 Å². The number of carbonyl (C=O) groups excluding carboxylic acids is 1. The third-order valence-corrected chi connectivity index (χ3v) is 1.83. The zero-order chi connectivity index (χ0) is 11.1. The van der Waals surface area contributed by atoms with Crippen molar-refractivity contribution in [2.75, 3.05) is 25.5 Å². The third kappa shape index (κ3) is 3.55. The summed E-state index contributed by atoms with van der Waals surface area (Å²) in [6.07, 6.45) is 2.99. The van der Waals surface area contributed by atoms with Gasteiger partial charge in [-0.25, -0.2) is 0 Å². The number of nitrogens with zero attached hydrogens (tertiary/aromatic N) is 1. The Morgan fingerprint density at radius 1 is 1.67 bits per heavy atom. The molecule has 1 aromatic rings. The Balaban J connectivity index is 2.44. The number of hydrogen-bond acceptors (Lipinski definition) is 4. The number of hydrogen-bond donors (Lipinski definition) is 2. The maximum atomic E-state index is 11.6. The van der Waals surface area contributed by atoms with Crippen LogP contribution >= 0.6 is 0 Å². The van der Waals surface area contributed by atoms with Crippen LogP contribution in [0, 0.1) is 0 Å². The van der Waals surface area contributed by atoms with Crippen LogP contribution in [-0.2, 0) is 4.74 Å². The quantitative estimate of drug-likeness (QED) is 0.689. The lowest BCUT2D eigenvalue weighted by Gasteiger charge is -2.06. The summed E-state index contributed by atoms with van der Waals surface area (Å²) < 4.78 is 5.09. The molecular weight excluding hydrogens is 194 g/mol. The minimum Gasteiger partial charge on any atom is -0.397 e. The number of rotatable bonds is 5. The molecule has 1 rings (SSSR count). The molecule has 82 valence electrons. The summed E-state index contributed by atoms with van der Waals surface area (Å²) in [5.41, 5.74) is 6.42. The number of pyridine rings is 1. The lowest BCUT2D eigenvalue weighted by atomic mass is 10.2. The number of amides is 1. The van der Waals surface area contributed by atoms with Crippen molar-refractivity contribution < 1.29 is 9.53 Å². The smallest absolute Gasteiger partial charge is 0.253 e. The second kappa shape index (κ2) is 5.98. The maximum absolute atomic E-state index is 11.6. The van der Waals surface area contributed by atoms with Crippen LogP contribution in [0.1, 0.15) is 17.3 Å². The Morgan fingerprint density at radius 3 is 3.13 bits per heavy atom. The van der Waals surface area contributed by atoms with Crippen LogP contribution < -0.4 is 11.1 Å². The van der Waals surface area contributed by atoms with Crippen molar-refractivity contribution in [3.63, 3.8) is 0 Å². The topological polar surface area (TPSA) is 77.2 Å². The molecule has 5 heteroatoms. The number of carbonyl (C=O) groups is 1. The molecule has 5 nitrogen and oxygen atoms in total. The van der Waals surface area contributed by atoms with Crippen molar-refractivity contribution in [1.29, 1.82) is 0 Å². The van der Waals surface area contributed by atoms with Crippen LogP contribution in [0.15, 0.2) is 18.5 Å². The first kappa shape index (κ1) is 11.5. The fourth-order valence-corrected chi connectivity index (χ4v) is 1.09. The van der Waals surface area contributed by atoms with Gasteiger partial charge in [0.25, 0.3) is 5.91 Å². The van der Waals surface area contributed by atoms with E-state index in [2.05, 4.69) is 10.3 Å². The molecule has 0 radical (unpaired) electrons. The molecule has 0 unspecified atom stereocenters. The van der Waals surface area contributed by atoms with Crippen molar-refractivity contribution in [2.45, 2.75) is 6.92 Å². The molecule has 0 aliphatic rings. The summed E-state index contributed by atoms with van der Waals surface area (Å²) >= 11 is 0. The highest BCUT2D eigenvalue weighted by atomic mass is 16.5. The monoisotopic (exact) mass is 209 g/mol. The van der Waals surface area contributed by atoms with Gasteiger partial charge in [-0.15, -0.1) is 0 Å². The van der Waals surface area contributed by atoms with Gasteiger partial charge in [0.2, 0.25) is 0 Å². The van der Waals surface area contributed by atoms with Crippen LogP contribution in [0.5, 0.6) is 0 Å². The Bertz CT molecular complexity index is 328. The maximum Gasteiger partial charge on any atom is 0.253 e. The number of nitrogens with two attached hydrogens (primary N) is 1. The average molecular weight is 209 g/mol. The predicted octanol–water partition coefficient (Wildman–Crippen LogP) is 0.430. The molecule has 0 saturated carbocycles. The van der Waals surface area contributed by atoms with Crippen LogP contribution in [-0.4, -0.2) is 30.6 Å². The molecule has 0 aliphatic heterocycles. The van der Waals surface area contributed by atoms with Gasteiger partial charge in [-0.3, -0.25) is 9.78 Å². The largest absolute Gasteiger partial charge is 0.397 e. The van der Waals surface area contributed by atoms with E-state index in [4.69, 9.17) is 10.5 Å². The summed E-state index contributed by atoms with van der Waals surface area (Å²) in [6.45, 7) is 3.54. The second-order valence-corrected chi connectivity index (χ2v) is 2.92. The highest BCUT2D eigenvalue weighted by Crippen LogP contribution is 2.07. The van der Waals surface area contributed by atoms with Crippen LogP contribution in [0.2, 0.25) is 0 Å². The second-order valence-electron chi connectivity index (χ2n) is 2.92. The highest BCUT2D eigenvalue weighted by molar-refractivity contribution is 5.98. The van der Waals surface area contributed by atoms with Crippen molar-refractivity contribution in [3.05, 3.63) is 24.0 Å². The summed E-state index contributed by atoms with van der Waals surface area (Å²) in [5, 5.41) is 2.70. The number of anilines is 1. The van der Waals surface area contributed by atoms with Crippen molar-refractivity contribution >= 4 is 11.6 Å². The molecule has 0 aromatic carbocycles. The van der Waals surface area contributed by atoms with Gasteiger partial charge >= 0.3 is 0 Å². The average Bonchev–Trinajstić information content (AvgIpc) is 2.25. The van der Waals surface area contributed by atoms with E-state index in [1.807, 2.05) is 6.92 Å². The van der Waals surface area contributed by atoms with Crippen molar-refractivity contribution in [1.82, 2.24) is 10.3 Å². The van der Waals surface area contributed by atoms with E-state index in [0.717, 1.165) is 0 Å². The van der Waals surface area contributed by atoms with Gasteiger partial charge < -0.3 is 15.8 Å². The van der Waals surface area contributed by atoms with Gasteiger partial charge in [-0.2, -0.15) is 0 Å². The lowest BCUT2D eigenvalue weighted by molar-refractivity contribution is 0.0923. The molecular formula is C10H15N3O2. The molecule has 0 atom stereocenters. The number of nitrogen functional groups attached to an aromatic ring is 1. The zero-order valence-corrected chi connectivity index (χ0v) is 8.69. The molecule has 1 aromatic heterocycles. The first-order chi connectivity index (χ1) is 7.25. The number of aromatic nitrogens is 1. The molecule has 15 heavy (non-hydrogen) atoms. The molecule has 0 aliphatic carbocycles. The summed E-state index contributed by atoms with van der Waals surface area (Å²) in [4.78, 5) is 15.4. The van der Waals surface area contributed by atoms with Gasteiger partial charge in [0.1, 0.15) is 0 Å². The van der Waals surface area contributed by atoms with E-state index in [1.54, 1.807) is 6.07 Å². The SMILES string of the molecule is CCOCCNC(=O)c1ccncc1N. The standard InChI is InChI=1S/C10H15N3O2/c1-2-15-6-5-13-10(14)8-3-4-12-7-9(8)11/h3-4,7H,2,5-6,11H2,1H3,(H,13,14). The van der Waals surface area contributed by atoms with E-state index in [9.17, 15) is 4.79 Å². The molecule has 0 spiro atoms. The Morgan fingerprint density at radius 2 is 2.47 bits per heavy atom. The van der Waals surface area contributed by atoms with E-state index in [0.29, 0.717) is 31.0 Å². The molecule has 0 bridgehead atoms. The van der Waals surface area contributed by atoms with E-state index >= 15 is 0 Å². The molecule has 1 amide bonds. The fraction of sp³-hybridized carbons (Fsp3) is 0.400. The Kier molecular flexibility index (Phi) is 4.56. The normalized spacial score (nSPS) is 9.93. The van der Waals surface area contributed by atoms with Gasteiger partial charge in [-0.1, -0.05) is 0 Å². The van der Waals surface area contributed by atoms with Crippen LogP contribution in [0.4, 0.5) is 5.69 Å². The van der Waals surface area contributed by atoms with Gasteiger partial charge in [0.05, 0.1) is 24.1 Å². The predicted molar refractivity (Wildman–Crippen MR) is 57.5 cm³/mol. The molecule has 0 fully saturated rings. The number of ether oxygens (including phenoxy) is 1. The molecule has 1 heterocycles. The molecule has 0 saturated heterocycles. The van der Waals surface area contributed by atoms with Crippen LogP contribution in [0.25, 0.3) is 0 Å².